The fraction of sp³-hybridized carbons (Fsp3) is 0.471. The van der Waals surface area contributed by atoms with Crippen LogP contribution in [-0.4, -0.2) is 48.6 Å². The number of thiazole rings is 1. The zero-order chi connectivity index (χ0) is 15.5. The number of para-hydroxylation sites is 1. The van der Waals surface area contributed by atoms with Gasteiger partial charge in [0.1, 0.15) is 5.75 Å². The molecule has 4 nitrogen and oxygen atoms in total. The molecular weight excluding hydrogens is 294 g/mol. The molecule has 0 saturated carbocycles. The summed E-state index contributed by atoms with van der Waals surface area (Å²) >= 11 is 1.76. The van der Waals surface area contributed by atoms with Gasteiger partial charge in [-0.2, -0.15) is 0 Å². The van der Waals surface area contributed by atoms with Crippen LogP contribution in [0.1, 0.15) is 22.2 Å². The van der Waals surface area contributed by atoms with E-state index in [1.807, 2.05) is 11.6 Å². The first-order valence-electron chi connectivity index (χ1n) is 7.63. The molecule has 22 heavy (non-hydrogen) atoms. The maximum absolute atomic E-state index is 5.55. The van der Waals surface area contributed by atoms with Gasteiger partial charge in [-0.1, -0.05) is 18.2 Å². The Morgan fingerprint density at radius 1 is 1.32 bits per heavy atom. The normalized spacial score (nSPS) is 20.2. The number of aromatic nitrogens is 1. The third-order valence-corrected chi connectivity index (χ3v) is 5.36. The van der Waals surface area contributed by atoms with Crippen molar-refractivity contribution in [1.29, 1.82) is 0 Å². The molecule has 3 rings (SSSR count). The molecular formula is C17H23N3OS. The number of aryl methyl sites for hydroxylation is 1. The molecule has 0 bridgehead atoms. The minimum Gasteiger partial charge on any atom is -0.496 e. The summed E-state index contributed by atoms with van der Waals surface area (Å²) in [4.78, 5) is 10.7. The predicted octanol–water partition coefficient (Wildman–Crippen LogP) is 2.95. The van der Waals surface area contributed by atoms with Crippen LogP contribution in [0, 0.1) is 6.92 Å². The average Bonchev–Trinajstić information content (AvgIpc) is 2.94. The molecule has 0 radical (unpaired) electrons. The SMILES string of the molecule is COc1ccccc1[C@H]1CN(Cc2scnc2C)CCN1C. The number of rotatable bonds is 4. The highest BCUT2D eigenvalue weighted by molar-refractivity contribution is 7.09. The summed E-state index contributed by atoms with van der Waals surface area (Å²) in [6.45, 7) is 6.28. The maximum atomic E-state index is 5.55. The summed E-state index contributed by atoms with van der Waals surface area (Å²) in [7, 11) is 3.95. The van der Waals surface area contributed by atoms with Crippen LogP contribution < -0.4 is 4.74 Å². The first-order chi connectivity index (χ1) is 10.7. The Kier molecular flexibility index (Phi) is 4.76. The lowest BCUT2D eigenvalue weighted by molar-refractivity contribution is 0.0895. The third-order valence-electron chi connectivity index (χ3n) is 4.44. The molecule has 1 aromatic carbocycles. The van der Waals surface area contributed by atoms with Crippen LogP contribution in [0.5, 0.6) is 5.75 Å². The number of ether oxygens (including phenoxy) is 1. The molecule has 118 valence electrons. The van der Waals surface area contributed by atoms with E-state index in [1.165, 1.54) is 10.4 Å². The van der Waals surface area contributed by atoms with E-state index in [-0.39, 0.29) is 0 Å². The average molecular weight is 317 g/mol. The fourth-order valence-electron chi connectivity index (χ4n) is 3.03. The molecule has 2 aromatic rings. The lowest BCUT2D eigenvalue weighted by atomic mass is 10.0. The van der Waals surface area contributed by atoms with E-state index in [1.54, 1.807) is 18.4 Å². The number of likely N-dealkylation sites (N-methyl/N-ethyl adjacent to an activating group) is 1. The first-order valence-corrected chi connectivity index (χ1v) is 8.51. The molecule has 1 fully saturated rings. The van der Waals surface area contributed by atoms with E-state index in [0.717, 1.165) is 37.6 Å². The van der Waals surface area contributed by atoms with Crippen LogP contribution in [0.4, 0.5) is 0 Å². The first kappa shape index (κ1) is 15.5. The Labute approximate surface area is 136 Å². The van der Waals surface area contributed by atoms with Crippen molar-refractivity contribution >= 4 is 11.3 Å². The van der Waals surface area contributed by atoms with Crippen molar-refractivity contribution in [2.45, 2.75) is 19.5 Å². The minimum absolute atomic E-state index is 0.373. The van der Waals surface area contributed by atoms with Gasteiger partial charge in [0, 0.05) is 36.6 Å². The second kappa shape index (κ2) is 6.77. The Bertz CT molecular complexity index is 628. The Morgan fingerprint density at radius 2 is 2.14 bits per heavy atom. The second-order valence-corrected chi connectivity index (χ2v) is 6.77. The van der Waals surface area contributed by atoms with Gasteiger partial charge in [0.15, 0.2) is 0 Å². The van der Waals surface area contributed by atoms with Crippen molar-refractivity contribution < 1.29 is 4.74 Å². The van der Waals surface area contributed by atoms with Crippen LogP contribution >= 0.6 is 11.3 Å². The van der Waals surface area contributed by atoms with Crippen LogP contribution in [-0.2, 0) is 6.54 Å². The van der Waals surface area contributed by atoms with Gasteiger partial charge in [-0.3, -0.25) is 9.80 Å². The molecule has 0 aliphatic carbocycles. The standard InChI is InChI=1S/C17H23N3OS/c1-13-17(22-12-18-13)11-20-9-8-19(2)15(10-20)14-6-4-5-7-16(14)21-3/h4-7,12,15H,8-11H2,1-3H3/t15-/m1/s1. The van der Waals surface area contributed by atoms with Crippen molar-refractivity contribution in [1.82, 2.24) is 14.8 Å². The van der Waals surface area contributed by atoms with E-state index >= 15 is 0 Å². The molecule has 1 aromatic heterocycles. The van der Waals surface area contributed by atoms with Gasteiger partial charge in [-0.25, -0.2) is 4.98 Å². The summed E-state index contributed by atoms with van der Waals surface area (Å²) in [5.41, 5.74) is 4.38. The van der Waals surface area contributed by atoms with E-state index in [2.05, 4.69) is 47.0 Å². The number of hydrogen-bond acceptors (Lipinski definition) is 5. The zero-order valence-corrected chi connectivity index (χ0v) is 14.3. The van der Waals surface area contributed by atoms with E-state index < -0.39 is 0 Å². The Morgan fingerprint density at radius 3 is 2.86 bits per heavy atom. The zero-order valence-electron chi connectivity index (χ0n) is 13.5. The molecule has 0 amide bonds. The molecule has 1 saturated heterocycles. The highest BCUT2D eigenvalue weighted by Gasteiger charge is 2.28. The summed E-state index contributed by atoms with van der Waals surface area (Å²) in [5.74, 6) is 0.982. The van der Waals surface area contributed by atoms with Crippen molar-refractivity contribution in [2.75, 3.05) is 33.8 Å². The summed E-state index contributed by atoms with van der Waals surface area (Å²) in [6.07, 6.45) is 0. The largest absolute Gasteiger partial charge is 0.496 e. The van der Waals surface area contributed by atoms with E-state index in [0.29, 0.717) is 6.04 Å². The Balaban J connectivity index is 1.77. The van der Waals surface area contributed by atoms with E-state index in [9.17, 15) is 0 Å². The van der Waals surface area contributed by atoms with Crippen molar-refractivity contribution in [3.05, 3.63) is 45.9 Å². The van der Waals surface area contributed by atoms with Crippen molar-refractivity contribution in [3.63, 3.8) is 0 Å². The van der Waals surface area contributed by atoms with E-state index in [4.69, 9.17) is 4.74 Å². The van der Waals surface area contributed by atoms with Gasteiger partial charge >= 0.3 is 0 Å². The van der Waals surface area contributed by atoms with Gasteiger partial charge in [0.2, 0.25) is 0 Å². The lowest BCUT2D eigenvalue weighted by Gasteiger charge is -2.40. The van der Waals surface area contributed by atoms with Gasteiger partial charge < -0.3 is 4.74 Å². The summed E-state index contributed by atoms with van der Waals surface area (Å²) in [6, 6.07) is 8.73. The molecule has 2 heterocycles. The molecule has 0 unspecified atom stereocenters. The van der Waals surface area contributed by atoms with Crippen molar-refractivity contribution in [3.8, 4) is 5.75 Å². The lowest BCUT2D eigenvalue weighted by Crippen LogP contribution is -2.46. The molecule has 0 spiro atoms. The summed E-state index contributed by atoms with van der Waals surface area (Å²) in [5, 5.41) is 0. The number of piperazine rings is 1. The van der Waals surface area contributed by atoms with Crippen molar-refractivity contribution in [2.24, 2.45) is 0 Å². The predicted molar refractivity (Wildman–Crippen MR) is 90.5 cm³/mol. The van der Waals surface area contributed by atoms with Gasteiger partial charge in [-0.15, -0.1) is 11.3 Å². The third kappa shape index (κ3) is 3.16. The number of nitrogens with zero attached hydrogens (tertiary/aromatic N) is 3. The van der Waals surface area contributed by atoms with Gasteiger partial charge in [0.25, 0.3) is 0 Å². The number of methoxy groups -OCH3 is 1. The molecule has 1 aliphatic rings. The quantitative estimate of drug-likeness (QED) is 0.867. The maximum Gasteiger partial charge on any atom is 0.123 e. The number of benzene rings is 1. The van der Waals surface area contributed by atoms with Gasteiger partial charge in [-0.05, 0) is 20.0 Å². The summed E-state index contributed by atoms with van der Waals surface area (Å²) < 4.78 is 5.55. The highest BCUT2D eigenvalue weighted by atomic mass is 32.1. The molecule has 0 N–H and O–H groups in total. The highest BCUT2D eigenvalue weighted by Crippen LogP contribution is 2.31. The van der Waals surface area contributed by atoms with Crippen LogP contribution in [0.2, 0.25) is 0 Å². The minimum atomic E-state index is 0.373. The van der Waals surface area contributed by atoms with Crippen LogP contribution in [0.25, 0.3) is 0 Å². The second-order valence-electron chi connectivity index (χ2n) is 5.83. The molecule has 1 atom stereocenters. The Hall–Kier alpha value is -1.43. The topological polar surface area (TPSA) is 28.6 Å². The fourth-order valence-corrected chi connectivity index (χ4v) is 3.85. The monoisotopic (exact) mass is 317 g/mol. The van der Waals surface area contributed by atoms with Crippen LogP contribution in [0.3, 0.4) is 0 Å². The van der Waals surface area contributed by atoms with Crippen LogP contribution in [0.15, 0.2) is 29.8 Å². The number of hydrogen-bond donors (Lipinski definition) is 0. The van der Waals surface area contributed by atoms with Gasteiger partial charge in [0.05, 0.1) is 24.4 Å². The molecule has 5 heteroatoms. The smallest absolute Gasteiger partial charge is 0.123 e. The molecule has 1 aliphatic heterocycles.